The number of carbonyl (C=O) groups is 1. The van der Waals surface area contributed by atoms with E-state index in [9.17, 15) is 4.79 Å². The van der Waals surface area contributed by atoms with Crippen LogP contribution in [0.2, 0.25) is 5.02 Å². The molecule has 0 radical (unpaired) electrons. The van der Waals surface area contributed by atoms with Gasteiger partial charge < -0.3 is 10.1 Å². The molecule has 1 atom stereocenters. The Hall–Kier alpha value is -1.22. The van der Waals surface area contributed by atoms with Crippen LogP contribution in [0.3, 0.4) is 0 Å². The number of amides is 1. The minimum atomic E-state index is -0.493. The zero-order valence-corrected chi connectivity index (χ0v) is 10.3. The van der Waals surface area contributed by atoms with Crippen LogP contribution in [0.15, 0.2) is 24.3 Å². The van der Waals surface area contributed by atoms with E-state index < -0.39 is 6.10 Å². The van der Waals surface area contributed by atoms with E-state index in [1.807, 2.05) is 6.92 Å². The molecule has 0 fully saturated rings. The van der Waals surface area contributed by atoms with Crippen LogP contribution >= 0.6 is 11.6 Å². The van der Waals surface area contributed by atoms with Gasteiger partial charge in [0.1, 0.15) is 5.75 Å². The van der Waals surface area contributed by atoms with Crippen molar-refractivity contribution in [2.75, 3.05) is 6.54 Å². The third-order valence-electron chi connectivity index (χ3n) is 2.04. The highest BCUT2D eigenvalue weighted by molar-refractivity contribution is 6.30. The van der Waals surface area contributed by atoms with Gasteiger partial charge in [0.25, 0.3) is 5.91 Å². The van der Waals surface area contributed by atoms with Crippen LogP contribution in [0.25, 0.3) is 0 Å². The molecule has 0 unspecified atom stereocenters. The van der Waals surface area contributed by atoms with E-state index in [4.69, 9.17) is 16.3 Å². The van der Waals surface area contributed by atoms with Crippen LogP contribution < -0.4 is 10.1 Å². The van der Waals surface area contributed by atoms with Crippen molar-refractivity contribution in [3.63, 3.8) is 0 Å². The van der Waals surface area contributed by atoms with E-state index in [2.05, 4.69) is 5.32 Å². The van der Waals surface area contributed by atoms with Crippen LogP contribution in [-0.2, 0) is 4.79 Å². The van der Waals surface area contributed by atoms with Crippen molar-refractivity contribution in [1.82, 2.24) is 5.32 Å². The molecular formula is C12H16ClNO2. The first-order chi connectivity index (χ1) is 7.63. The minimum absolute atomic E-state index is 0.100. The first-order valence-corrected chi connectivity index (χ1v) is 5.71. The molecule has 0 aliphatic rings. The summed E-state index contributed by atoms with van der Waals surface area (Å²) in [6.07, 6.45) is 0.423. The third kappa shape index (κ3) is 4.11. The van der Waals surface area contributed by atoms with Crippen LogP contribution in [0.1, 0.15) is 20.3 Å². The zero-order chi connectivity index (χ0) is 12.0. The van der Waals surface area contributed by atoms with E-state index >= 15 is 0 Å². The fourth-order valence-electron chi connectivity index (χ4n) is 1.16. The smallest absolute Gasteiger partial charge is 0.260 e. The Morgan fingerprint density at radius 1 is 1.44 bits per heavy atom. The van der Waals surface area contributed by atoms with Gasteiger partial charge in [0, 0.05) is 11.6 Å². The number of ether oxygens (including phenoxy) is 1. The summed E-state index contributed by atoms with van der Waals surface area (Å²) >= 11 is 5.74. The molecule has 0 bridgehead atoms. The van der Waals surface area contributed by atoms with Gasteiger partial charge in [0.05, 0.1) is 0 Å². The van der Waals surface area contributed by atoms with Crippen LogP contribution in [0.4, 0.5) is 0 Å². The number of hydrogen-bond acceptors (Lipinski definition) is 2. The Bertz CT molecular complexity index is 337. The predicted molar refractivity (Wildman–Crippen MR) is 64.8 cm³/mol. The number of hydrogen-bond donors (Lipinski definition) is 1. The molecule has 0 saturated heterocycles. The summed E-state index contributed by atoms with van der Waals surface area (Å²) in [5.41, 5.74) is 0. The van der Waals surface area contributed by atoms with Gasteiger partial charge in [-0.1, -0.05) is 18.5 Å². The van der Waals surface area contributed by atoms with E-state index in [-0.39, 0.29) is 5.91 Å². The van der Waals surface area contributed by atoms with Crippen molar-refractivity contribution in [3.8, 4) is 5.75 Å². The van der Waals surface area contributed by atoms with Gasteiger partial charge in [-0.05, 0) is 37.6 Å². The zero-order valence-electron chi connectivity index (χ0n) is 9.50. The standard InChI is InChI=1S/C12H16ClNO2/c1-3-8-14-12(15)9(2)16-11-6-4-10(13)5-7-11/h4-7,9H,3,8H2,1-2H3,(H,14,15)/t9-/m1/s1. The summed E-state index contributed by atoms with van der Waals surface area (Å²) in [6, 6.07) is 6.94. The van der Waals surface area contributed by atoms with E-state index in [0.29, 0.717) is 17.3 Å². The predicted octanol–water partition coefficient (Wildman–Crippen LogP) is 2.63. The fraction of sp³-hybridized carbons (Fsp3) is 0.417. The van der Waals surface area contributed by atoms with Gasteiger partial charge in [-0.15, -0.1) is 0 Å². The van der Waals surface area contributed by atoms with E-state index in [1.165, 1.54) is 0 Å². The number of carbonyl (C=O) groups excluding carboxylic acids is 1. The molecule has 3 nitrogen and oxygen atoms in total. The average Bonchev–Trinajstić information content (AvgIpc) is 2.29. The molecule has 1 aromatic carbocycles. The third-order valence-corrected chi connectivity index (χ3v) is 2.30. The molecule has 0 aliphatic carbocycles. The molecule has 88 valence electrons. The Balaban J connectivity index is 2.47. The van der Waals surface area contributed by atoms with Crippen LogP contribution in [-0.4, -0.2) is 18.6 Å². The lowest BCUT2D eigenvalue weighted by molar-refractivity contribution is -0.127. The second-order valence-corrected chi connectivity index (χ2v) is 3.94. The lowest BCUT2D eigenvalue weighted by Crippen LogP contribution is -2.36. The molecular weight excluding hydrogens is 226 g/mol. The lowest BCUT2D eigenvalue weighted by atomic mass is 10.3. The topological polar surface area (TPSA) is 38.3 Å². The Labute approximate surface area is 101 Å². The van der Waals surface area contributed by atoms with Crippen molar-refractivity contribution in [3.05, 3.63) is 29.3 Å². The maximum Gasteiger partial charge on any atom is 0.260 e. The van der Waals surface area contributed by atoms with Crippen molar-refractivity contribution in [2.24, 2.45) is 0 Å². The fourth-order valence-corrected chi connectivity index (χ4v) is 1.29. The SMILES string of the molecule is CCCNC(=O)[C@@H](C)Oc1ccc(Cl)cc1. The largest absolute Gasteiger partial charge is 0.481 e. The van der Waals surface area contributed by atoms with Crippen molar-refractivity contribution in [1.29, 1.82) is 0 Å². The van der Waals surface area contributed by atoms with Crippen LogP contribution in [0.5, 0.6) is 5.75 Å². The Morgan fingerprint density at radius 3 is 2.62 bits per heavy atom. The molecule has 1 aromatic rings. The second kappa shape index (κ2) is 6.38. The van der Waals surface area contributed by atoms with Crippen molar-refractivity contribution in [2.45, 2.75) is 26.4 Å². The molecule has 1 amide bonds. The van der Waals surface area contributed by atoms with E-state index in [0.717, 1.165) is 6.42 Å². The highest BCUT2D eigenvalue weighted by atomic mass is 35.5. The number of nitrogens with one attached hydrogen (secondary N) is 1. The van der Waals surface area contributed by atoms with Gasteiger partial charge in [-0.3, -0.25) is 4.79 Å². The highest BCUT2D eigenvalue weighted by Gasteiger charge is 2.13. The quantitative estimate of drug-likeness (QED) is 0.861. The highest BCUT2D eigenvalue weighted by Crippen LogP contribution is 2.16. The van der Waals surface area contributed by atoms with Gasteiger partial charge in [0.2, 0.25) is 0 Å². The van der Waals surface area contributed by atoms with Crippen LogP contribution in [0, 0.1) is 0 Å². The molecule has 1 rings (SSSR count). The molecule has 1 N–H and O–H groups in total. The summed E-state index contributed by atoms with van der Waals surface area (Å²) in [7, 11) is 0. The van der Waals surface area contributed by atoms with Crippen molar-refractivity contribution < 1.29 is 9.53 Å². The van der Waals surface area contributed by atoms with E-state index in [1.54, 1.807) is 31.2 Å². The molecule has 0 spiro atoms. The molecule has 4 heteroatoms. The number of benzene rings is 1. The summed E-state index contributed by atoms with van der Waals surface area (Å²) in [5.74, 6) is 0.542. The summed E-state index contributed by atoms with van der Waals surface area (Å²) < 4.78 is 5.46. The van der Waals surface area contributed by atoms with Crippen molar-refractivity contribution >= 4 is 17.5 Å². The minimum Gasteiger partial charge on any atom is -0.481 e. The normalized spacial score (nSPS) is 11.9. The number of rotatable bonds is 5. The Kier molecular flexibility index (Phi) is 5.12. The summed E-state index contributed by atoms with van der Waals surface area (Å²) in [6.45, 7) is 4.40. The first-order valence-electron chi connectivity index (χ1n) is 5.33. The molecule has 0 aromatic heterocycles. The first kappa shape index (κ1) is 12.8. The maximum atomic E-state index is 11.5. The number of halogens is 1. The summed E-state index contributed by atoms with van der Waals surface area (Å²) in [4.78, 5) is 11.5. The maximum absolute atomic E-state index is 11.5. The molecule has 0 saturated carbocycles. The molecule has 0 heterocycles. The van der Waals surface area contributed by atoms with Gasteiger partial charge in [-0.2, -0.15) is 0 Å². The Morgan fingerprint density at radius 2 is 2.06 bits per heavy atom. The van der Waals surface area contributed by atoms with Gasteiger partial charge in [-0.25, -0.2) is 0 Å². The molecule has 0 aliphatic heterocycles. The van der Waals surface area contributed by atoms with Gasteiger partial charge in [0.15, 0.2) is 6.10 Å². The summed E-state index contributed by atoms with van der Waals surface area (Å²) in [5, 5.41) is 3.42. The monoisotopic (exact) mass is 241 g/mol. The second-order valence-electron chi connectivity index (χ2n) is 3.51. The lowest BCUT2D eigenvalue weighted by Gasteiger charge is -2.14. The van der Waals surface area contributed by atoms with Gasteiger partial charge >= 0.3 is 0 Å². The average molecular weight is 242 g/mol. The molecule has 16 heavy (non-hydrogen) atoms.